The molecule has 1 aromatic heterocycles. The van der Waals surface area contributed by atoms with Crippen LogP contribution in [-0.4, -0.2) is 53.8 Å². The fourth-order valence-electron chi connectivity index (χ4n) is 7.39. The van der Waals surface area contributed by atoms with Crippen molar-refractivity contribution in [3.63, 3.8) is 0 Å². The second-order valence-electron chi connectivity index (χ2n) is 15.4. The van der Waals surface area contributed by atoms with E-state index in [1.54, 1.807) is 19.4 Å². The summed E-state index contributed by atoms with van der Waals surface area (Å²) < 4.78 is 36.6. The average molecular weight is 832 g/mol. The Bertz CT molecular complexity index is 1770. The lowest BCUT2D eigenvalue weighted by molar-refractivity contribution is 0.0532. The van der Waals surface area contributed by atoms with Crippen molar-refractivity contribution in [3.8, 4) is 5.75 Å². The maximum atomic E-state index is 13.5. The van der Waals surface area contributed by atoms with E-state index in [1.807, 2.05) is 91.9 Å². The first-order chi connectivity index (χ1) is 28.8. The number of ether oxygens (including phenoxy) is 3. The molecule has 4 aromatic rings. The molecule has 2 N–H and O–H groups in total. The van der Waals surface area contributed by atoms with Crippen LogP contribution in [0.2, 0.25) is 0 Å². The van der Waals surface area contributed by atoms with Crippen molar-refractivity contribution in [1.29, 1.82) is 0 Å². The predicted octanol–water partition coefficient (Wildman–Crippen LogP) is 11.5. The number of unbranched alkanes of at least 4 members (excludes halogenated alkanes) is 13. The summed E-state index contributed by atoms with van der Waals surface area (Å²) in [5.74, 6) is 1.12. The van der Waals surface area contributed by atoms with Gasteiger partial charge in [-0.25, -0.2) is 4.79 Å². The van der Waals surface area contributed by atoms with Gasteiger partial charge in [0.15, 0.2) is 0 Å². The number of anilines is 1. The average Bonchev–Trinajstić information content (AvgIpc) is 3.26. The summed E-state index contributed by atoms with van der Waals surface area (Å²) in [6.45, 7) is 5.62. The van der Waals surface area contributed by atoms with Crippen LogP contribution in [0.4, 0.5) is 5.82 Å². The van der Waals surface area contributed by atoms with Crippen LogP contribution in [0.25, 0.3) is 0 Å². The Labute approximate surface area is 353 Å². The summed E-state index contributed by atoms with van der Waals surface area (Å²) in [4.78, 5) is 28.4. The first-order valence-electron chi connectivity index (χ1n) is 22.1. The first-order valence-corrected chi connectivity index (χ1v) is 23.8. The molecule has 0 aliphatic rings. The van der Waals surface area contributed by atoms with E-state index in [0.717, 1.165) is 28.9 Å². The molecule has 0 aliphatic carbocycles. The minimum Gasteiger partial charge on any atom is -0.497 e. The number of rotatable bonds is 32. The smallest absolute Gasteiger partial charge is 0.353 e. The quantitative estimate of drug-likeness (QED) is 0.0281. The molecule has 0 saturated heterocycles. The molecular formula is C48H70N3O7P. The largest absolute Gasteiger partial charge is 0.497 e. The van der Waals surface area contributed by atoms with Crippen molar-refractivity contribution in [3.05, 3.63) is 124 Å². The van der Waals surface area contributed by atoms with E-state index in [4.69, 9.17) is 18.7 Å². The van der Waals surface area contributed by atoms with Gasteiger partial charge >= 0.3 is 13.3 Å². The molecule has 3 aromatic carbocycles. The SMILES string of the molecule is CCCCCCCCCCCCCCCCOCCCOP(=O)(O)CO[C@H](CC)Cn1ccc(NC(c2ccccc2)(c2ccccc2)c2ccc(OC)cc2)nc1=O. The van der Waals surface area contributed by atoms with Gasteiger partial charge in [0.2, 0.25) is 0 Å². The van der Waals surface area contributed by atoms with Crippen LogP contribution < -0.4 is 15.7 Å². The molecule has 1 heterocycles. The van der Waals surface area contributed by atoms with E-state index >= 15 is 0 Å². The fraction of sp³-hybridized carbons (Fsp3) is 0.542. The highest BCUT2D eigenvalue weighted by molar-refractivity contribution is 7.52. The van der Waals surface area contributed by atoms with E-state index in [9.17, 15) is 14.3 Å². The lowest BCUT2D eigenvalue weighted by atomic mass is 9.77. The highest BCUT2D eigenvalue weighted by Crippen LogP contribution is 2.42. The normalized spacial score (nSPS) is 13.2. The van der Waals surface area contributed by atoms with Crippen molar-refractivity contribution >= 4 is 13.4 Å². The van der Waals surface area contributed by atoms with E-state index in [-0.39, 0.29) is 13.2 Å². The number of aromatic nitrogens is 2. The van der Waals surface area contributed by atoms with E-state index in [2.05, 4.69) is 17.2 Å². The molecular weight excluding hydrogens is 762 g/mol. The summed E-state index contributed by atoms with van der Waals surface area (Å²) >= 11 is 0. The number of hydrogen-bond acceptors (Lipinski definition) is 8. The van der Waals surface area contributed by atoms with E-state index in [0.29, 0.717) is 31.9 Å². The zero-order chi connectivity index (χ0) is 42.0. The number of nitrogens with zero attached hydrogens (tertiary/aromatic N) is 2. The molecule has 324 valence electrons. The first kappa shape index (κ1) is 47.9. The van der Waals surface area contributed by atoms with Crippen molar-refractivity contribution in [2.75, 3.05) is 38.6 Å². The Balaban J connectivity index is 1.19. The summed E-state index contributed by atoms with van der Waals surface area (Å²) in [5, 5.41) is 3.63. The Morgan fingerprint density at radius 3 is 1.75 bits per heavy atom. The predicted molar refractivity (Wildman–Crippen MR) is 239 cm³/mol. The maximum Gasteiger partial charge on any atom is 0.353 e. The van der Waals surface area contributed by atoms with Gasteiger partial charge in [0.1, 0.15) is 23.5 Å². The van der Waals surface area contributed by atoms with Crippen molar-refractivity contribution in [2.24, 2.45) is 0 Å². The van der Waals surface area contributed by atoms with Gasteiger partial charge in [0.05, 0.1) is 26.4 Å². The Hall–Kier alpha value is -3.79. The number of methoxy groups -OCH3 is 1. The minimum atomic E-state index is -3.99. The highest BCUT2D eigenvalue weighted by Gasteiger charge is 2.37. The number of hydrogen-bond donors (Lipinski definition) is 2. The molecule has 0 saturated carbocycles. The molecule has 10 nitrogen and oxygen atoms in total. The van der Waals surface area contributed by atoms with Gasteiger partial charge in [0, 0.05) is 19.4 Å². The summed E-state index contributed by atoms with van der Waals surface area (Å²) in [6, 6.07) is 29.7. The Morgan fingerprint density at radius 2 is 1.22 bits per heavy atom. The third kappa shape index (κ3) is 16.6. The molecule has 0 bridgehead atoms. The second kappa shape index (κ2) is 27.1. The summed E-state index contributed by atoms with van der Waals surface area (Å²) in [7, 11) is -2.36. The molecule has 4 rings (SSSR count). The third-order valence-electron chi connectivity index (χ3n) is 10.8. The second-order valence-corrected chi connectivity index (χ2v) is 17.2. The lowest BCUT2D eigenvalue weighted by Gasteiger charge is -2.37. The molecule has 59 heavy (non-hydrogen) atoms. The Morgan fingerprint density at radius 1 is 0.695 bits per heavy atom. The summed E-state index contributed by atoms with van der Waals surface area (Å²) in [5.41, 5.74) is 1.49. The van der Waals surface area contributed by atoms with Crippen molar-refractivity contribution in [2.45, 2.75) is 135 Å². The maximum absolute atomic E-state index is 13.5. The molecule has 0 amide bonds. The molecule has 0 spiro atoms. The third-order valence-corrected chi connectivity index (χ3v) is 11.9. The Kier molecular flexibility index (Phi) is 22.0. The molecule has 0 fully saturated rings. The summed E-state index contributed by atoms with van der Waals surface area (Å²) in [6.07, 6.45) is 20.2. The van der Waals surface area contributed by atoms with Crippen LogP contribution in [0.15, 0.2) is 102 Å². The zero-order valence-corrected chi connectivity index (χ0v) is 36.8. The van der Waals surface area contributed by atoms with Crippen molar-refractivity contribution < 1.29 is 28.2 Å². The minimum absolute atomic E-state index is 0.106. The van der Waals surface area contributed by atoms with E-state index < -0.39 is 31.3 Å². The fourth-order valence-corrected chi connectivity index (χ4v) is 8.28. The number of benzene rings is 3. The van der Waals surface area contributed by atoms with Gasteiger partial charge in [-0.3, -0.25) is 9.13 Å². The van der Waals surface area contributed by atoms with Crippen LogP contribution >= 0.6 is 7.60 Å². The van der Waals surface area contributed by atoms with Crippen LogP contribution in [0.3, 0.4) is 0 Å². The lowest BCUT2D eigenvalue weighted by Crippen LogP contribution is -2.39. The standard InChI is InChI=1S/C48H70N3O7P/c1-4-6-7-8-9-10-11-12-13-14-15-16-17-24-36-56-37-25-38-58-59(53,54)40-57-44(5-2)39-51-35-34-46(49-47(51)52)50-48(41-26-20-18-21-27-41,42-28-22-19-23-29-42)43-30-32-45(55-3)33-31-43/h18-23,26-35,44H,4-17,24-25,36-40H2,1-3H3,(H,53,54)(H,49,50,52)/t44-/m1/s1. The van der Waals surface area contributed by atoms with Gasteiger partial charge in [-0.1, -0.05) is 170 Å². The molecule has 0 aliphatic heterocycles. The number of nitrogens with one attached hydrogen (secondary N) is 1. The highest BCUT2D eigenvalue weighted by atomic mass is 31.2. The van der Waals surface area contributed by atoms with Crippen molar-refractivity contribution in [1.82, 2.24) is 9.55 Å². The molecule has 11 heteroatoms. The van der Waals surface area contributed by atoms with Crippen LogP contribution in [0, 0.1) is 0 Å². The van der Waals surface area contributed by atoms with Gasteiger partial charge in [-0.2, -0.15) is 4.98 Å². The molecule has 2 atom stereocenters. The van der Waals surface area contributed by atoms with Crippen LogP contribution in [0.1, 0.15) is 133 Å². The van der Waals surface area contributed by atoms with Gasteiger partial charge in [-0.05, 0) is 54.2 Å². The van der Waals surface area contributed by atoms with Crippen LogP contribution in [0.5, 0.6) is 5.75 Å². The monoisotopic (exact) mass is 831 g/mol. The molecule has 0 radical (unpaired) electrons. The van der Waals surface area contributed by atoms with E-state index in [1.165, 1.54) is 88.0 Å². The van der Waals surface area contributed by atoms with Gasteiger partial charge in [0.25, 0.3) is 0 Å². The zero-order valence-electron chi connectivity index (χ0n) is 35.9. The van der Waals surface area contributed by atoms with Crippen LogP contribution in [-0.2, 0) is 30.6 Å². The molecule has 1 unspecified atom stereocenters. The topological polar surface area (TPSA) is 121 Å². The van der Waals surface area contributed by atoms with Gasteiger partial charge < -0.3 is 28.9 Å². The van der Waals surface area contributed by atoms with Gasteiger partial charge in [-0.15, -0.1) is 0 Å².